The van der Waals surface area contributed by atoms with Crippen molar-refractivity contribution < 1.29 is 41.0 Å². The molecule has 0 spiro atoms. The van der Waals surface area contributed by atoms with Gasteiger partial charge in [-0.3, -0.25) is 9.59 Å². The number of carboxylic acids is 1. The Morgan fingerprint density at radius 2 is 1.80 bits per heavy atom. The highest BCUT2D eigenvalue weighted by Crippen LogP contribution is 2.30. The molecule has 20 heavy (non-hydrogen) atoms. The smallest absolute Gasteiger partial charge is 0.481 e. The zero-order valence-electron chi connectivity index (χ0n) is 9.22. The van der Waals surface area contributed by atoms with Gasteiger partial charge in [0, 0.05) is 11.8 Å². The van der Waals surface area contributed by atoms with Crippen LogP contribution in [0.25, 0.3) is 0 Å². The summed E-state index contributed by atoms with van der Waals surface area (Å²) in [6.45, 7) is 0. The molecular formula is C9H5F6NO4. The summed E-state index contributed by atoms with van der Waals surface area (Å²) in [4.78, 5) is 23.3. The molecule has 0 bridgehead atoms. The first-order valence-corrected chi connectivity index (χ1v) is 4.71. The van der Waals surface area contributed by atoms with Crippen molar-refractivity contribution in [3.8, 4) is 5.75 Å². The average molecular weight is 305 g/mol. The molecule has 0 aliphatic carbocycles. The third-order valence-electron chi connectivity index (χ3n) is 1.98. The standard InChI is InChI=1S/C9H5F6NO4/c10-8(11,12)7-3(1-5(17)18)6(19)4(2-16-7)20-9(13,14)15/h2H,1H2,(H,16,19)(H,17,18). The van der Waals surface area contributed by atoms with Crippen LogP contribution < -0.4 is 10.2 Å². The van der Waals surface area contributed by atoms with E-state index in [0.29, 0.717) is 0 Å². The summed E-state index contributed by atoms with van der Waals surface area (Å²) >= 11 is 0. The number of aromatic nitrogens is 1. The lowest BCUT2D eigenvalue weighted by molar-refractivity contribution is -0.275. The van der Waals surface area contributed by atoms with Crippen LogP contribution in [-0.4, -0.2) is 22.4 Å². The number of hydrogen-bond acceptors (Lipinski definition) is 3. The van der Waals surface area contributed by atoms with Crippen LogP contribution in [0.5, 0.6) is 5.75 Å². The summed E-state index contributed by atoms with van der Waals surface area (Å²) < 4.78 is 76.6. The second-order valence-electron chi connectivity index (χ2n) is 3.45. The number of aromatic amines is 1. The lowest BCUT2D eigenvalue weighted by Crippen LogP contribution is -2.27. The van der Waals surface area contributed by atoms with E-state index in [2.05, 4.69) is 4.74 Å². The number of halogens is 6. The molecule has 1 aromatic rings. The molecule has 11 heteroatoms. The van der Waals surface area contributed by atoms with Gasteiger partial charge >= 0.3 is 18.5 Å². The third-order valence-corrected chi connectivity index (χ3v) is 1.98. The number of hydrogen-bond donors (Lipinski definition) is 2. The summed E-state index contributed by atoms with van der Waals surface area (Å²) in [5.41, 5.74) is -4.90. The predicted molar refractivity (Wildman–Crippen MR) is 50.1 cm³/mol. The third kappa shape index (κ3) is 3.90. The number of nitrogens with one attached hydrogen (secondary N) is 1. The number of pyridine rings is 1. The zero-order valence-corrected chi connectivity index (χ0v) is 9.22. The maximum atomic E-state index is 12.5. The summed E-state index contributed by atoms with van der Waals surface area (Å²) in [6, 6.07) is 0. The molecule has 0 unspecified atom stereocenters. The molecule has 0 saturated carbocycles. The van der Waals surface area contributed by atoms with Crippen LogP contribution in [0, 0.1) is 0 Å². The molecule has 0 saturated heterocycles. The number of H-pyrrole nitrogens is 1. The van der Waals surface area contributed by atoms with Crippen LogP contribution in [-0.2, 0) is 17.4 Å². The minimum atomic E-state index is -5.30. The van der Waals surface area contributed by atoms with E-state index in [1.165, 1.54) is 4.98 Å². The Kier molecular flexibility index (Phi) is 4.01. The van der Waals surface area contributed by atoms with Crippen molar-refractivity contribution in [2.75, 3.05) is 0 Å². The number of ether oxygens (including phenoxy) is 1. The van der Waals surface area contributed by atoms with Gasteiger partial charge in [-0.2, -0.15) is 13.2 Å². The Morgan fingerprint density at radius 3 is 2.20 bits per heavy atom. The lowest BCUT2D eigenvalue weighted by atomic mass is 10.1. The molecule has 0 radical (unpaired) electrons. The number of rotatable bonds is 3. The predicted octanol–water partition coefficient (Wildman–Crippen LogP) is 1.92. The molecule has 112 valence electrons. The highest BCUT2D eigenvalue weighted by Gasteiger charge is 2.38. The van der Waals surface area contributed by atoms with Crippen LogP contribution in [0.1, 0.15) is 11.3 Å². The fraction of sp³-hybridized carbons (Fsp3) is 0.333. The monoisotopic (exact) mass is 305 g/mol. The van der Waals surface area contributed by atoms with Gasteiger partial charge in [0.2, 0.25) is 5.43 Å². The fourth-order valence-corrected chi connectivity index (χ4v) is 1.33. The molecule has 0 fully saturated rings. The molecular weight excluding hydrogens is 300 g/mol. The van der Waals surface area contributed by atoms with Crippen molar-refractivity contribution >= 4 is 5.97 Å². The second-order valence-corrected chi connectivity index (χ2v) is 3.45. The molecule has 0 aliphatic heterocycles. The van der Waals surface area contributed by atoms with Crippen molar-refractivity contribution in [2.24, 2.45) is 0 Å². The van der Waals surface area contributed by atoms with Gasteiger partial charge in [0.1, 0.15) is 5.69 Å². The van der Waals surface area contributed by atoms with Gasteiger partial charge in [0.05, 0.1) is 6.42 Å². The quantitative estimate of drug-likeness (QED) is 0.836. The van der Waals surface area contributed by atoms with Crippen LogP contribution in [0.4, 0.5) is 26.3 Å². The summed E-state index contributed by atoms with van der Waals surface area (Å²) in [5, 5.41) is 8.42. The summed E-state index contributed by atoms with van der Waals surface area (Å²) in [6.07, 6.45) is -11.8. The SMILES string of the molecule is O=C(O)Cc1c(C(F)(F)F)[nH]cc(OC(F)(F)F)c1=O. The summed E-state index contributed by atoms with van der Waals surface area (Å²) in [5.74, 6) is -3.29. The molecule has 5 nitrogen and oxygen atoms in total. The van der Waals surface area contributed by atoms with E-state index in [9.17, 15) is 35.9 Å². The van der Waals surface area contributed by atoms with Crippen molar-refractivity contribution in [3.05, 3.63) is 27.7 Å². The van der Waals surface area contributed by atoms with Gasteiger partial charge in [0.15, 0.2) is 5.75 Å². The minimum Gasteiger partial charge on any atom is -0.481 e. The Hall–Kier alpha value is -2.20. The maximum Gasteiger partial charge on any atom is 0.573 e. The Morgan fingerprint density at radius 1 is 1.25 bits per heavy atom. The van der Waals surface area contributed by atoms with Crippen LogP contribution in [0.15, 0.2) is 11.0 Å². The highest BCUT2D eigenvalue weighted by atomic mass is 19.4. The second kappa shape index (κ2) is 5.06. The van der Waals surface area contributed by atoms with Gasteiger partial charge in [0.25, 0.3) is 0 Å². The molecule has 2 N–H and O–H groups in total. The number of aliphatic carboxylic acids is 1. The minimum absolute atomic E-state index is 0.0734. The molecule has 0 amide bonds. The van der Waals surface area contributed by atoms with Gasteiger partial charge < -0.3 is 14.8 Å². The number of alkyl halides is 6. The van der Waals surface area contributed by atoms with Gasteiger partial charge in [-0.05, 0) is 0 Å². The van der Waals surface area contributed by atoms with E-state index in [1.54, 1.807) is 0 Å². The van der Waals surface area contributed by atoms with Crippen molar-refractivity contribution in [1.82, 2.24) is 4.98 Å². The largest absolute Gasteiger partial charge is 0.573 e. The normalized spacial score (nSPS) is 12.3. The van der Waals surface area contributed by atoms with Gasteiger partial charge in [-0.25, -0.2) is 0 Å². The van der Waals surface area contributed by atoms with Gasteiger partial charge in [-0.1, -0.05) is 0 Å². The number of carboxylic acid groups (broad SMARTS) is 1. The highest BCUT2D eigenvalue weighted by molar-refractivity contribution is 5.70. The van der Waals surface area contributed by atoms with E-state index < -0.39 is 47.4 Å². The van der Waals surface area contributed by atoms with E-state index in [1.807, 2.05) is 0 Å². The first-order chi connectivity index (χ1) is 8.92. The molecule has 1 rings (SSSR count). The Bertz CT molecular complexity index is 573. The van der Waals surface area contributed by atoms with E-state index in [-0.39, 0.29) is 6.20 Å². The average Bonchev–Trinajstić information content (AvgIpc) is 2.19. The molecule has 0 aliphatic rings. The molecule has 1 aromatic heterocycles. The zero-order chi connectivity index (χ0) is 15.7. The first kappa shape index (κ1) is 15.9. The van der Waals surface area contributed by atoms with Crippen molar-refractivity contribution in [2.45, 2.75) is 19.0 Å². The molecule has 0 aromatic carbocycles. The summed E-state index contributed by atoms with van der Waals surface area (Å²) in [7, 11) is 0. The van der Waals surface area contributed by atoms with Crippen molar-refractivity contribution in [3.63, 3.8) is 0 Å². The molecule has 0 atom stereocenters. The van der Waals surface area contributed by atoms with Crippen molar-refractivity contribution in [1.29, 1.82) is 0 Å². The topological polar surface area (TPSA) is 79.4 Å². The van der Waals surface area contributed by atoms with E-state index in [4.69, 9.17) is 5.11 Å². The van der Waals surface area contributed by atoms with Crippen LogP contribution in [0.3, 0.4) is 0 Å². The molecule has 1 heterocycles. The Labute approximate surface area is 105 Å². The van der Waals surface area contributed by atoms with E-state index >= 15 is 0 Å². The maximum absolute atomic E-state index is 12.5. The van der Waals surface area contributed by atoms with Crippen LogP contribution >= 0.6 is 0 Å². The first-order valence-electron chi connectivity index (χ1n) is 4.71. The van der Waals surface area contributed by atoms with E-state index in [0.717, 1.165) is 0 Å². The lowest BCUT2D eigenvalue weighted by Gasteiger charge is -2.13. The van der Waals surface area contributed by atoms with Crippen LogP contribution in [0.2, 0.25) is 0 Å². The van der Waals surface area contributed by atoms with Gasteiger partial charge in [-0.15, -0.1) is 13.2 Å². The fourth-order valence-electron chi connectivity index (χ4n) is 1.33. The number of carbonyl (C=O) groups is 1. The Balaban J connectivity index is 3.43.